The van der Waals surface area contributed by atoms with Gasteiger partial charge in [-0.3, -0.25) is 0 Å². The molecule has 2 atom stereocenters. The first-order valence-electron chi connectivity index (χ1n) is 7.70. The van der Waals surface area contributed by atoms with Crippen molar-refractivity contribution in [1.82, 2.24) is 10.3 Å². The summed E-state index contributed by atoms with van der Waals surface area (Å²) in [5.74, 6) is 0.861. The van der Waals surface area contributed by atoms with Gasteiger partial charge < -0.3 is 14.8 Å². The minimum Gasteiger partial charge on any atom is -0.497 e. The molecule has 1 aromatic heterocycles. The lowest BCUT2D eigenvalue weighted by molar-refractivity contribution is 0.0831. The molecule has 1 N–H and O–H groups in total. The maximum absolute atomic E-state index is 5.71. The second kappa shape index (κ2) is 7.22. The lowest BCUT2D eigenvalue weighted by Crippen LogP contribution is -2.36. The van der Waals surface area contributed by atoms with E-state index < -0.39 is 0 Å². The van der Waals surface area contributed by atoms with Crippen molar-refractivity contribution in [3.05, 3.63) is 35.3 Å². The lowest BCUT2D eigenvalue weighted by Gasteiger charge is -2.19. The molecule has 0 bridgehead atoms. The number of hydrogen-bond donors (Lipinski definition) is 1. The average molecular weight is 318 g/mol. The molecule has 3 rings (SSSR count). The SMILES string of the molecule is COc1cccc(-c2nc(CN[C@H](C)[C@H]3CCCO3)cs2)c1. The number of thiazole rings is 1. The van der Waals surface area contributed by atoms with Crippen molar-refractivity contribution in [2.75, 3.05) is 13.7 Å². The summed E-state index contributed by atoms with van der Waals surface area (Å²) < 4.78 is 11.0. The lowest BCUT2D eigenvalue weighted by atomic mass is 10.1. The fraction of sp³-hybridized carbons (Fsp3) is 0.471. The van der Waals surface area contributed by atoms with Crippen molar-refractivity contribution in [1.29, 1.82) is 0 Å². The second-order valence-electron chi connectivity index (χ2n) is 5.60. The van der Waals surface area contributed by atoms with Gasteiger partial charge in [-0.15, -0.1) is 11.3 Å². The Balaban J connectivity index is 1.60. The molecular formula is C17H22N2O2S. The first kappa shape index (κ1) is 15.5. The van der Waals surface area contributed by atoms with Crippen LogP contribution in [0.3, 0.4) is 0 Å². The molecule has 0 aliphatic carbocycles. The fourth-order valence-corrected chi connectivity index (χ4v) is 3.49. The maximum Gasteiger partial charge on any atom is 0.123 e. The Morgan fingerprint density at radius 3 is 3.18 bits per heavy atom. The molecule has 1 aliphatic rings. The van der Waals surface area contributed by atoms with Crippen LogP contribution in [0.5, 0.6) is 5.75 Å². The molecule has 1 saturated heterocycles. The number of rotatable bonds is 6. The molecule has 1 aliphatic heterocycles. The summed E-state index contributed by atoms with van der Waals surface area (Å²) in [4.78, 5) is 4.71. The molecule has 0 radical (unpaired) electrons. The normalized spacial score (nSPS) is 19.3. The third-order valence-electron chi connectivity index (χ3n) is 4.00. The van der Waals surface area contributed by atoms with E-state index in [1.807, 2.05) is 18.2 Å². The van der Waals surface area contributed by atoms with E-state index in [0.717, 1.165) is 41.6 Å². The van der Waals surface area contributed by atoms with Crippen LogP contribution in [0.15, 0.2) is 29.6 Å². The minimum atomic E-state index is 0.344. The van der Waals surface area contributed by atoms with Crippen LogP contribution in [-0.2, 0) is 11.3 Å². The monoisotopic (exact) mass is 318 g/mol. The first-order chi connectivity index (χ1) is 10.8. The van der Waals surface area contributed by atoms with Crippen LogP contribution < -0.4 is 10.1 Å². The highest BCUT2D eigenvalue weighted by atomic mass is 32.1. The average Bonchev–Trinajstić information content (AvgIpc) is 3.24. The number of nitrogens with one attached hydrogen (secondary N) is 1. The molecule has 0 amide bonds. The van der Waals surface area contributed by atoms with Crippen molar-refractivity contribution in [3.63, 3.8) is 0 Å². The van der Waals surface area contributed by atoms with Gasteiger partial charge in [-0.25, -0.2) is 4.98 Å². The molecule has 0 spiro atoms. The summed E-state index contributed by atoms with van der Waals surface area (Å²) in [5, 5.41) is 6.67. The third kappa shape index (κ3) is 3.66. The van der Waals surface area contributed by atoms with Crippen molar-refractivity contribution in [2.24, 2.45) is 0 Å². The number of benzene rings is 1. The highest BCUT2D eigenvalue weighted by Gasteiger charge is 2.21. The maximum atomic E-state index is 5.71. The Labute approximate surface area is 135 Å². The molecule has 0 saturated carbocycles. The molecule has 1 aromatic carbocycles. The van der Waals surface area contributed by atoms with Crippen LogP contribution >= 0.6 is 11.3 Å². The largest absolute Gasteiger partial charge is 0.497 e. The summed E-state index contributed by atoms with van der Waals surface area (Å²) >= 11 is 1.67. The molecule has 2 heterocycles. The van der Waals surface area contributed by atoms with Gasteiger partial charge in [0, 0.05) is 30.1 Å². The van der Waals surface area contributed by atoms with Crippen molar-refractivity contribution >= 4 is 11.3 Å². The van der Waals surface area contributed by atoms with Gasteiger partial charge in [-0.05, 0) is 31.9 Å². The molecule has 4 nitrogen and oxygen atoms in total. The molecule has 118 valence electrons. The number of aromatic nitrogens is 1. The van der Waals surface area contributed by atoms with Gasteiger partial charge in [0.05, 0.1) is 18.9 Å². The van der Waals surface area contributed by atoms with E-state index in [1.165, 1.54) is 6.42 Å². The summed E-state index contributed by atoms with van der Waals surface area (Å²) in [6.45, 7) is 3.86. The van der Waals surface area contributed by atoms with E-state index in [-0.39, 0.29) is 0 Å². The van der Waals surface area contributed by atoms with Gasteiger partial charge in [0.25, 0.3) is 0 Å². The Morgan fingerprint density at radius 2 is 2.41 bits per heavy atom. The quantitative estimate of drug-likeness (QED) is 0.885. The van der Waals surface area contributed by atoms with E-state index in [2.05, 4.69) is 23.7 Å². The molecular weight excluding hydrogens is 296 g/mol. The highest BCUT2D eigenvalue weighted by molar-refractivity contribution is 7.13. The van der Waals surface area contributed by atoms with Crippen LogP contribution in [0, 0.1) is 0 Å². The Hall–Kier alpha value is -1.43. The van der Waals surface area contributed by atoms with Gasteiger partial charge in [0.2, 0.25) is 0 Å². The van der Waals surface area contributed by atoms with Crippen molar-refractivity contribution in [2.45, 2.75) is 38.5 Å². The standard InChI is InChI=1S/C17H22N2O2S/c1-12(16-7-4-8-21-16)18-10-14-11-22-17(19-14)13-5-3-6-15(9-13)20-2/h3,5-6,9,11-12,16,18H,4,7-8,10H2,1-2H3/t12-,16-/m1/s1. The van der Waals surface area contributed by atoms with Gasteiger partial charge in [-0.2, -0.15) is 0 Å². The molecule has 22 heavy (non-hydrogen) atoms. The van der Waals surface area contributed by atoms with Crippen LogP contribution in [-0.4, -0.2) is 30.8 Å². The number of ether oxygens (including phenoxy) is 2. The Morgan fingerprint density at radius 1 is 1.50 bits per heavy atom. The smallest absolute Gasteiger partial charge is 0.123 e. The van der Waals surface area contributed by atoms with Crippen molar-refractivity contribution < 1.29 is 9.47 Å². The van der Waals surface area contributed by atoms with Crippen LogP contribution in [0.1, 0.15) is 25.5 Å². The van der Waals surface area contributed by atoms with E-state index in [9.17, 15) is 0 Å². The molecule has 1 fully saturated rings. The van der Waals surface area contributed by atoms with Gasteiger partial charge >= 0.3 is 0 Å². The number of hydrogen-bond acceptors (Lipinski definition) is 5. The first-order valence-corrected chi connectivity index (χ1v) is 8.58. The van der Waals surface area contributed by atoms with Gasteiger partial charge in [0.15, 0.2) is 0 Å². The van der Waals surface area contributed by atoms with E-state index in [4.69, 9.17) is 14.5 Å². The highest BCUT2D eigenvalue weighted by Crippen LogP contribution is 2.27. The minimum absolute atomic E-state index is 0.344. The number of nitrogens with zero attached hydrogens (tertiary/aromatic N) is 1. The van der Waals surface area contributed by atoms with E-state index in [1.54, 1.807) is 18.4 Å². The molecule has 2 aromatic rings. The third-order valence-corrected chi connectivity index (χ3v) is 4.94. The zero-order valence-corrected chi connectivity index (χ0v) is 13.9. The summed E-state index contributed by atoms with van der Waals surface area (Å²) in [5.41, 5.74) is 2.18. The predicted octanol–water partition coefficient (Wildman–Crippen LogP) is 3.48. The van der Waals surface area contributed by atoms with Crippen LogP contribution in [0.2, 0.25) is 0 Å². The number of methoxy groups -OCH3 is 1. The summed E-state index contributed by atoms with van der Waals surface area (Å²) in [6.07, 6.45) is 2.67. The topological polar surface area (TPSA) is 43.4 Å². The van der Waals surface area contributed by atoms with Crippen molar-refractivity contribution in [3.8, 4) is 16.3 Å². The van der Waals surface area contributed by atoms with E-state index >= 15 is 0 Å². The van der Waals surface area contributed by atoms with Crippen LogP contribution in [0.25, 0.3) is 10.6 Å². The summed E-state index contributed by atoms with van der Waals surface area (Å²) in [7, 11) is 1.68. The Kier molecular flexibility index (Phi) is 5.08. The fourth-order valence-electron chi connectivity index (χ4n) is 2.67. The van der Waals surface area contributed by atoms with Gasteiger partial charge in [-0.1, -0.05) is 12.1 Å². The second-order valence-corrected chi connectivity index (χ2v) is 6.46. The molecule has 5 heteroatoms. The van der Waals surface area contributed by atoms with Crippen LogP contribution in [0.4, 0.5) is 0 Å². The predicted molar refractivity (Wildman–Crippen MR) is 89.4 cm³/mol. The summed E-state index contributed by atoms with van der Waals surface area (Å²) in [6, 6.07) is 8.39. The molecule has 0 unspecified atom stereocenters. The van der Waals surface area contributed by atoms with E-state index in [0.29, 0.717) is 12.1 Å². The zero-order chi connectivity index (χ0) is 15.4. The Bertz CT molecular complexity index is 608. The zero-order valence-electron chi connectivity index (χ0n) is 13.0. The van der Waals surface area contributed by atoms with Gasteiger partial charge in [0.1, 0.15) is 10.8 Å².